The average molecular weight is 420 g/mol. The zero-order chi connectivity index (χ0) is 21.3. The molecule has 162 valence electrons. The molecule has 1 aromatic rings. The number of nitrogens with two attached hydrogens (primary N) is 3. The first-order chi connectivity index (χ1) is 14.0. The first-order valence-corrected chi connectivity index (χ1v) is 11.4. The summed E-state index contributed by atoms with van der Waals surface area (Å²) in [7, 11) is 0. The Morgan fingerprint density at radius 1 is 0.862 bits per heavy atom. The van der Waals surface area contributed by atoms with Crippen LogP contribution in [0, 0.1) is 10.8 Å². The standard InChI is InChI=1S/C21H37N7S/c22-19(23)9-6-4-2-1-3-5-7-14-27-21(26)28-15-8-16-29-18-12-10-17(11-13-18)20(24)25/h10-13H,1-9,14-16H2,(H3,22,23)(H3,24,25)(H3,26,27,28). The Morgan fingerprint density at radius 2 is 1.48 bits per heavy atom. The van der Waals surface area contributed by atoms with Crippen molar-refractivity contribution in [1.29, 1.82) is 10.8 Å². The summed E-state index contributed by atoms with van der Waals surface area (Å²) in [4.78, 5) is 5.54. The minimum atomic E-state index is 0.0972. The van der Waals surface area contributed by atoms with Crippen LogP contribution in [-0.4, -0.2) is 36.5 Å². The van der Waals surface area contributed by atoms with Crippen molar-refractivity contribution < 1.29 is 0 Å². The Morgan fingerprint density at radius 3 is 2.10 bits per heavy atom. The van der Waals surface area contributed by atoms with Gasteiger partial charge in [-0.1, -0.05) is 44.2 Å². The van der Waals surface area contributed by atoms with Crippen molar-refractivity contribution in [1.82, 2.24) is 5.32 Å². The highest BCUT2D eigenvalue weighted by molar-refractivity contribution is 7.99. The van der Waals surface area contributed by atoms with Crippen LogP contribution in [0.25, 0.3) is 0 Å². The van der Waals surface area contributed by atoms with Gasteiger partial charge in [-0.3, -0.25) is 15.8 Å². The van der Waals surface area contributed by atoms with Crippen LogP contribution in [0.2, 0.25) is 0 Å². The number of rotatable bonds is 16. The lowest BCUT2D eigenvalue weighted by atomic mass is 10.1. The number of aliphatic imine (C=N–C) groups is 1. The molecule has 0 unspecified atom stereocenters. The quantitative estimate of drug-likeness (QED) is 0.105. The normalized spacial score (nSPS) is 11.4. The predicted octanol–water partition coefficient (Wildman–Crippen LogP) is 3.41. The molecule has 0 saturated carbocycles. The molecule has 8 heteroatoms. The van der Waals surface area contributed by atoms with Crippen molar-refractivity contribution in [2.24, 2.45) is 22.2 Å². The number of hydrogen-bond acceptors (Lipinski definition) is 4. The van der Waals surface area contributed by atoms with Gasteiger partial charge < -0.3 is 22.5 Å². The maximum atomic E-state index is 7.39. The van der Waals surface area contributed by atoms with E-state index in [1.807, 2.05) is 24.3 Å². The van der Waals surface area contributed by atoms with Crippen LogP contribution in [0.15, 0.2) is 34.2 Å². The average Bonchev–Trinajstić information content (AvgIpc) is 2.69. The topological polar surface area (TPSA) is 150 Å². The number of amidine groups is 2. The van der Waals surface area contributed by atoms with Gasteiger partial charge in [-0.15, -0.1) is 11.8 Å². The Hall–Kier alpha value is -2.22. The molecule has 0 atom stereocenters. The van der Waals surface area contributed by atoms with E-state index in [2.05, 4.69) is 10.3 Å². The first-order valence-electron chi connectivity index (χ1n) is 10.4. The molecule has 1 aromatic carbocycles. The van der Waals surface area contributed by atoms with Gasteiger partial charge in [-0.25, -0.2) is 0 Å². The number of nitrogens with zero attached hydrogens (tertiary/aromatic N) is 1. The molecule has 29 heavy (non-hydrogen) atoms. The van der Waals surface area contributed by atoms with Gasteiger partial charge in [0.05, 0.1) is 5.84 Å². The number of thioether (sulfide) groups is 1. The largest absolute Gasteiger partial charge is 0.388 e. The van der Waals surface area contributed by atoms with Crippen molar-refractivity contribution in [2.45, 2.75) is 62.7 Å². The van der Waals surface area contributed by atoms with E-state index in [1.54, 1.807) is 11.8 Å². The Labute approximate surface area is 179 Å². The van der Waals surface area contributed by atoms with Crippen LogP contribution in [0.4, 0.5) is 0 Å². The van der Waals surface area contributed by atoms with Crippen molar-refractivity contribution in [3.05, 3.63) is 29.8 Å². The van der Waals surface area contributed by atoms with Gasteiger partial charge in [0, 0.05) is 30.0 Å². The van der Waals surface area contributed by atoms with E-state index < -0.39 is 0 Å². The molecule has 0 aliphatic rings. The number of nitrogens with one attached hydrogen (secondary N) is 3. The summed E-state index contributed by atoms with van der Waals surface area (Å²) in [6.07, 6.45) is 9.92. The highest BCUT2D eigenvalue weighted by atomic mass is 32.2. The predicted molar refractivity (Wildman–Crippen MR) is 126 cm³/mol. The Bertz CT molecular complexity index is 628. The first kappa shape index (κ1) is 24.8. The van der Waals surface area contributed by atoms with Gasteiger partial charge in [0.2, 0.25) is 0 Å². The maximum Gasteiger partial charge on any atom is 0.188 e. The van der Waals surface area contributed by atoms with Gasteiger partial charge in [-0.05, 0) is 37.1 Å². The summed E-state index contributed by atoms with van der Waals surface area (Å²) in [5.74, 6) is 1.90. The van der Waals surface area contributed by atoms with Crippen LogP contribution in [0.3, 0.4) is 0 Å². The second kappa shape index (κ2) is 15.7. The number of hydrogen-bond donors (Lipinski definition) is 6. The summed E-state index contributed by atoms with van der Waals surface area (Å²) in [5.41, 5.74) is 17.5. The third kappa shape index (κ3) is 13.6. The maximum absolute atomic E-state index is 7.39. The van der Waals surface area contributed by atoms with Gasteiger partial charge in [0.25, 0.3) is 0 Å². The monoisotopic (exact) mass is 419 g/mol. The molecule has 0 spiro atoms. The van der Waals surface area contributed by atoms with Crippen LogP contribution in [0.5, 0.6) is 0 Å². The summed E-state index contributed by atoms with van der Waals surface area (Å²) in [6.45, 7) is 1.59. The van der Waals surface area contributed by atoms with Gasteiger partial charge in [0.1, 0.15) is 5.84 Å². The third-order valence-electron chi connectivity index (χ3n) is 4.45. The van der Waals surface area contributed by atoms with E-state index in [0.29, 0.717) is 11.8 Å². The van der Waals surface area contributed by atoms with E-state index >= 15 is 0 Å². The number of nitrogen functional groups attached to an aromatic ring is 1. The van der Waals surface area contributed by atoms with Gasteiger partial charge in [0.15, 0.2) is 5.96 Å². The lowest BCUT2D eigenvalue weighted by Gasteiger charge is -2.06. The molecule has 0 aliphatic carbocycles. The highest BCUT2D eigenvalue weighted by Crippen LogP contribution is 2.19. The van der Waals surface area contributed by atoms with Crippen LogP contribution in [-0.2, 0) is 0 Å². The second-order valence-corrected chi connectivity index (χ2v) is 8.25. The minimum absolute atomic E-state index is 0.0972. The Kier molecular flexibility index (Phi) is 13.4. The van der Waals surface area contributed by atoms with Crippen LogP contribution in [0.1, 0.15) is 63.4 Å². The van der Waals surface area contributed by atoms with Gasteiger partial charge in [-0.2, -0.15) is 0 Å². The SMILES string of the molecule is N=C(N)CCCCCCCCCNC(N)=NCCCSc1ccc(C(=N)N)cc1. The zero-order valence-corrected chi connectivity index (χ0v) is 18.2. The lowest BCUT2D eigenvalue weighted by molar-refractivity contribution is 0.579. The van der Waals surface area contributed by atoms with Gasteiger partial charge >= 0.3 is 0 Å². The van der Waals surface area contributed by atoms with Crippen LogP contribution < -0.4 is 22.5 Å². The summed E-state index contributed by atoms with van der Waals surface area (Å²) < 4.78 is 0. The lowest BCUT2D eigenvalue weighted by Crippen LogP contribution is -2.32. The molecule has 7 nitrogen and oxygen atoms in total. The molecular formula is C21H37N7S. The molecule has 0 amide bonds. The van der Waals surface area contributed by atoms with Crippen molar-refractivity contribution in [3.63, 3.8) is 0 Å². The number of guanidine groups is 1. The summed E-state index contributed by atoms with van der Waals surface area (Å²) in [5, 5.41) is 17.8. The molecule has 0 aliphatic heterocycles. The van der Waals surface area contributed by atoms with E-state index in [1.165, 1.54) is 37.0 Å². The van der Waals surface area contributed by atoms with E-state index in [-0.39, 0.29) is 5.84 Å². The van der Waals surface area contributed by atoms with Crippen LogP contribution >= 0.6 is 11.8 Å². The molecule has 0 heterocycles. The molecule has 0 saturated heterocycles. The fraction of sp³-hybridized carbons (Fsp3) is 0.571. The molecule has 0 fully saturated rings. The molecule has 9 N–H and O–H groups in total. The zero-order valence-electron chi connectivity index (χ0n) is 17.4. The summed E-state index contributed by atoms with van der Waals surface area (Å²) >= 11 is 1.77. The number of benzene rings is 1. The smallest absolute Gasteiger partial charge is 0.188 e. The fourth-order valence-corrected chi connectivity index (χ4v) is 3.62. The number of unbranched alkanes of at least 4 members (excludes halogenated alkanes) is 6. The fourth-order valence-electron chi connectivity index (χ4n) is 2.78. The molecule has 0 aromatic heterocycles. The van der Waals surface area contributed by atoms with Crippen molar-refractivity contribution in [2.75, 3.05) is 18.8 Å². The Balaban J connectivity index is 1.96. The van der Waals surface area contributed by atoms with E-state index in [0.717, 1.165) is 50.1 Å². The van der Waals surface area contributed by atoms with Crippen molar-refractivity contribution in [3.8, 4) is 0 Å². The second-order valence-electron chi connectivity index (χ2n) is 7.08. The van der Waals surface area contributed by atoms with E-state index in [9.17, 15) is 0 Å². The molecule has 0 radical (unpaired) electrons. The molecular weight excluding hydrogens is 382 g/mol. The van der Waals surface area contributed by atoms with E-state index in [4.69, 9.17) is 28.0 Å². The highest BCUT2D eigenvalue weighted by Gasteiger charge is 1.98. The summed E-state index contributed by atoms with van der Waals surface area (Å²) in [6, 6.07) is 7.73. The molecule has 0 bridgehead atoms. The third-order valence-corrected chi connectivity index (χ3v) is 5.55. The minimum Gasteiger partial charge on any atom is -0.388 e. The van der Waals surface area contributed by atoms with Crippen molar-refractivity contribution >= 4 is 29.4 Å². The molecule has 1 rings (SSSR count).